The Morgan fingerprint density at radius 1 is 1.19 bits per heavy atom. The minimum atomic E-state index is -0.720. The van der Waals surface area contributed by atoms with Crippen LogP contribution in [0, 0.1) is 5.82 Å². The molecule has 0 aliphatic heterocycles. The maximum absolute atomic E-state index is 14.1. The molecule has 0 aliphatic rings. The van der Waals surface area contributed by atoms with Crippen LogP contribution in [0.5, 0.6) is 0 Å². The molecule has 6 heteroatoms. The number of rotatable bonds is 8. The number of halogens is 2. The van der Waals surface area contributed by atoms with Gasteiger partial charge in [0.05, 0.1) is 6.42 Å². The monoisotopic (exact) mass is 390 g/mol. The van der Waals surface area contributed by atoms with Gasteiger partial charge in [-0.15, -0.1) is 0 Å². The van der Waals surface area contributed by atoms with Crippen molar-refractivity contribution < 1.29 is 14.0 Å². The first-order valence-electron chi connectivity index (χ1n) is 8.97. The molecule has 144 valence electrons. The lowest BCUT2D eigenvalue weighted by atomic mass is 10.1. The number of carbonyl (C=O) groups is 2. The lowest BCUT2D eigenvalue weighted by molar-refractivity contribution is -0.140. The molecule has 0 unspecified atom stereocenters. The number of nitrogens with one attached hydrogen (secondary N) is 1. The van der Waals surface area contributed by atoms with E-state index in [0.717, 1.165) is 12.0 Å². The lowest BCUT2D eigenvalue weighted by Gasteiger charge is -2.29. The van der Waals surface area contributed by atoms with Gasteiger partial charge in [0.2, 0.25) is 11.8 Å². The molecule has 1 atom stereocenters. The van der Waals surface area contributed by atoms with E-state index in [1.54, 1.807) is 49.4 Å². The van der Waals surface area contributed by atoms with Gasteiger partial charge in [0, 0.05) is 23.7 Å². The first-order chi connectivity index (χ1) is 12.9. The Bertz CT molecular complexity index is 797. The van der Waals surface area contributed by atoms with E-state index in [0.29, 0.717) is 17.1 Å². The minimum Gasteiger partial charge on any atom is -0.354 e. The normalized spacial score (nSPS) is 11.7. The lowest BCUT2D eigenvalue weighted by Crippen LogP contribution is -2.48. The van der Waals surface area contributed by atoms with E-state index in [1.807, 2.05) is 6.92 Å². The summed E-state index contributed by atoms with van der Waals surface area (Å²) in [6, 6.07) is 12.5. The van der Waals surface area contributed by atoms with E-state index in [-0.39, 0.29) is 24.8 Å². The zero-order valence-electron chi connectivity index (χ0n) is 15.5. The van der Waals surface area contributed by atoms with Gasteiger partial charge in [-0.05, 0) is 37.1 Å². The molecule has 0 heterocycles. The van der Waals surface area contributed by atoms with Crippen LogP contribution in [-0.4, -0.2) is 29.3 Å². The van der Waals surface area contributed by atoms with Crippen molar-refractivity contribution in [2.45, 2.75) is 39.3 Å². The molecule has 0 spiro atoms. The second-order valence-corrected chi connectivity index (χ2v) is 6.82. The third-order valence-corrected chi connectivity index (χ3v) is 4.49. The summed E-state index contributed by atoms with van der Waals surface area (Å²) in [6.07, 6.45) is 0.878. The molecule has 0 bridgehead atoms. The van der Waals surface area contributed by atoms with Gasteiger partial charge in [0.15, 0.2) is 0 Å². The molecule has 0 fully saturated rings. The molecule has 2 rings (SSSR count). The number of hydrogen-bond donors (Lipinski definition) is 1. The Morgan fingerprint density at radius 2 is 1.93 bits per heavy atom. The molecule has 1 N–H and O–H groups in total. The van der Waals surface area contributed by atoms with Crippen LogP contribution in [0.25, 0.3) is 0 Å². The van der Waals surface area contributed by atoms with Crippen LogP contribution in [0.3, 0.4) is 0 Å². The second kappa shape index (κ2) is 10.1. The van der Waals surface area contributed by atoms with Crippen molar-refractivity contribution in [2.24, 2.45) is 0 Å². The number of hydrogen-bond acceptors (Lipinski definition) is 2. The third kappa shape index (κ3) is 6.07. The highest BCUT2D eigenvalue weighted by atomic mass is 35.5. The van der Waals surface area contributed by atoms with E-state index in [4.69, 9.17) is 11.6 Å². The SMILES string of the molecule is CCCNC(=O)[C@H](C)N(Cc1ccccc1F)C(=O)Cc1cccc(Cl)c1. The zero-order chi connectivity index (χ0) is 19.8. The quantitative estimate of drug-likeness (QED) is 0.741. The Morgan fingerprint density at radius 3 is 2.59 bits per heavy atom. The number of benzene rings is 2. The van der Waals surface area contributed by atoms with Gasteiger partial charge in [-0.2, -0.15) is 0 Å². The topological polar surface area (TPSA) is 49.4 Å². The van der Waals surface area contributed by atoms with Crippen LogP contribution in [0.2, 0.25) is 5.02 Å². The summed E-state index contributed by atoms with van der Waals surface area (Å²) in [5.41, 5.74) is 1.11. The average Bonchev–Trinajstić information content (AvgIpc) is 2.64. The third-order valence-electron chi connectivity index (χ3n) is 4.26. The molecule has 2 aromatic carbocycles. The van der Waals surface area contributed by atoms with Crippen LogP contribution in [0.1, 0.15) is 31.4 Å². The maximum atomic E-state index is 14.1. The molecule has 0 saturated heterocycles. The summed E-state index contributed by atoms with van der Waals surface area (Å²) in [5, 5.41) is 3.33. The summed E-state index contributed by atoms with van der Waals surface area (Å²) in [7, 11) is 0. The maximum Gasteiger partial charge on any atom is 0.242 e. The Balaban J connectivity index is 2.23. The smallest absolute Gasteiger partial charge is 0.242 e. The minimum absolute atomic E-state index is 0.0206. The van der Waals surface area contributed by atoms with Crippen LogP contribution in [0.15, 0.2) is 48.5 Å². The average molecular weight is 391 g/mol. The van der Waals surface area contributed by atoms with Crippen molar-refractivity contribution >= 4 is 23.4 Å². The van der Waals surface area contributed by atoms with E-state index >= 15 is 0 Å². The second-order valence-electron chi connectivity index (χ2n) is 6.39. The molecule has 0 aromatic heterocycles. The highest BCUT2D eigenvalue weighted by molar-refractivity contribution is 6.30. The highest BCUT2D eigenvalue weighted by Crippen LogP contribution is 2.16. The van der Waals surface area contributed by atoms with Gasteiger partial charge in [-0.3, -0.25) is 9.59 Å². The summed E-state index contributed by atoms with van der Waals surface area (Å²) in [6.45, 7) is 4.15. The van der Waals surface area contributed by atoms with Crippen molar-refractivity contribution in [3.8, 4) is 0 Å². The van der Waals surface area contributed by atoms with Gasteiger partial charge < -0.3 is 10.2 Å². The standard InChI is InChI=1S/C21H24ClFN2O2/c1-3-11-24-21(27)15(2)25(14-17-8-4-5-10-19(17)23)20(26)13-16-7-6-9-18(22)12-16/h4-10,12,15H,3,11,13-14H2,1-2H3,(H,24,27)/t15-/m0/s1. The van der Waals surface area contributed by atoms with Crippen LogP contribution in [-0.2, 0) is 22.6 Å². The molecule has 27 heavy (non-hydrogen) atoms. The molecular weight excluding hydrogens is 367 g/mol. The number of nitrogens with zero attached hydrogens (tertiary/aromatic N) is 1. The number of carbonyl (C=O) groups excluding carboxylic acids is 2. The predicted molar refractivity (Wildman–Crippen MR) is 105 cm³/mol. The molecule has 0 saturated carbocycles. The van der Waals surface area contributed by atoms with E-state index < -0.39 is 11.9 Å². The van der Waals surface area contributed by atoms with Gasteiger partial charge >= 0.3 is 0 Å². The molecule has 2 aromatic rings. The van der Waals surface area contributed by atoms with Crippen molar-refractivity contribution in [3.63, 3.8) is 0 Å². The van der Waals surface area contributed by atoms with Crippen molar-refractivity contribution in [1.82, 2.24) is 10.2 Å². The summed E-state index contributed by atoms with van der Waals surface area (Å²) >= 11 is 5.99. The molecule has 4 nitrogen and oxygen atoms in total. The van der Waals surface area contributed by atoms with Crippen molar-refractivity contribution in [1.29, 1.82) is 0 Å². The van der Waals surface area contributed by atoms with Crippen molar-refractivity contribution in [2.75, 3.05) is 6.54 Å². The van der Waals surface area contributed by atoms with Crippen LogP contribution >= 0.6 is 11.6 Å². The molecule has 0 aliphatic carbocycles. The van der Waals surface area contributed by atoms with E-state index in [2.05, 4.69) is 5.32 Å². The van der Waals surface area contributed by atoms with Crippen LogP contribution in [0.4, 0.5) is 4.39 Å². The van der Waals surface area contributed by atoms with Gasteiger partial charge in [-0.25, -0.2) is 4.39 Å². The van der Waals surface area contributed by atoms with Crippen molar-refractivity contribution in [3.05, 3.63) is 70.5 Å². The first kappa shape index (κ1) is 20.9. The number of amides is 2. The Hall–Kier alpha value is -2.40. The summed E-state index contributed by atoms with van der Waals surface area (Å²) in [4.78, 5) is 26.8. The molecular formula is C21H24ClFN2O2. The fourth-order valence-corrected chi connectivity index (χ4v) is 2.92. The summed E-state index contributed by atoms with van der Waals surface area (Å²) < 4.78 is 14.1. The predicted octanol–water partition coefficient (Wildman–Crippen LogP) is 3.97. The fraction of sp³-hybridized carbons (Fsp3) is 0.333. The largest absolute Gasteiger partial charge is 0.354 e. The zero-order valence-corrected chi connectivity index (χ0v) is 16.3. The van der Waals surface area contributed by atoms with Gasteiger partial charge in [-0.1, -0.05) is 48.9 Å². The van der Waals surface area contributed by atoms with Gasteiger partial charge in [0.25, 0.3) is 0 Å². The molecule has 0 radical (unpaired) electrons. The Kier molecular flexibility index (Phi) is 7.80. The first-order valence-corrected chi connectivity index (χ1v) is 9.35. The van der Waals surface area contributed by atoms with Crippen LogP contribution < -0.4 is 5.32 Å². The van der Waals surface area contributed by atoms with Gasteiger partial charge in [0.1, 0.15) is 11.9 Å². The van der Waals surface area contributed by atoms with E-state index in [9.17, 15) is 14.0 Å². The molecule has 2 amide bonds. The highest BCUT2D eigenvalue weighted by Gasteiger charge is 2.26. The van der Waals surface area contributed by atoms with E-state index in [1.165, 1.54) is 11.0 Å². The fourth-order valence-electron chi connectivity index (χ4n) is 2.71. The summed E-state index contributed by atoms with van der Waals surface area (Å²) in [5.74, 6) is -0.925. The Labute approximate surface area is 164 Å².